The zero-order valence-electron chi connectivity index (χ0n) is 13.3. The summed E-state index contributed by atoms with van der Waals surface area (Å²) in [6.07, 6.45) is -8.37. The van der Waals surface area contributed by atoms with E-state index in [4.69, 9.17) is 10.5 Å². The largest absolute Gasteiger partial charge is 0.411 e. The Morgan fingerprint density at radius 3 is 1.11 bits per heavy atom. The molecule has 0 amide bonds. The summed E-state index contributed by atoms with van der Waals surface area (Å²) < 4.78 is 83.3. The monoisotopic (exact) mass is 384 g/mol. The molecule has 27 heavy (non-hydrogen) atoms. The Hall–Kier alpha value is -3.40. The summed E-state index contributed by atoms with van der Waals surface area (Å²) in [5.74, 6) is 0. The maximum Gasteiger partial charge on any atom is 0.411 e. The number of nitrogens with zero attached hydrogens (tertiary/aromatic N) is 2. The summed E-state index contributed by atoms with van der Waals surface area (Å²) >= 11 is 0. The minimum atomic E-state index is -5.71. The molecule has 140 valence electrons. The van der Waals surface area contributed by atoms with Gasteiger partial charge in [-0.15, -0.1) is 0 Å². The van der Waals surface area contributed by atoms with Gasteiger partial charge in [-0.1, -0.05) is 24.3 Å². The molecule has 0 unspecified atom stereocenters. The number of anilines is 2. The van der Waals surface area contributed by atoms with E-state index in [0.717, 1.165) is 24.3 Å². The Labute approximate surface area is 149 Å². The molecule has 0 radical (unpaired) electrons. The average molecular weight is 384 g/mol. The zero-order valence-corrected chi connectivity index (χ0v) is 13.3. The first-order valence-electron chi connectivity index (χ1n) is 7.22. The van der Waals surface area contributed by atoms with Crippen LogP contribution in [0.2, 0.25) is 0 Å². The first-order valence-corrected chi connectivity index (χ1v) is 7.22. The number of nitriles is 2. The van der Waals surface area contributed by atoms with Gasteiger partial charge in [-0.05, 0) is 35.4 Å². The quantitative estimate of drug-likeness (QED) is 0.448. The van der Waals surface area contributed by atoms with E-state index in [-0.39, 0.29) is 11.4 Å². The molecule has 4 nitrogen and oxygen atoms in total. The van der Waals surface area contributed by atoms with E-state index in [2.05, 4.69) is 10.6 Å². The lowest BCUT2D eigenvalue weighted by atomic mass is 9.73. The number of halogens is 6. The maximum atomic E-state index is 13.9. The molecule has 0 aliphatic carbocycles. The van der Waals surface area contributed by atoms with Gasteiger partial charge in [0, 0.05) is 11.4 Å². The third kappa shape index (κ3) is 3.47. The van der Waals surface area contributed by atoms with Crippen LogP contribution in [0.4, 0.5) is 37.7 Å². The van der Waals surface area contributed by atoms with Crippen LogP contribution in [0.5, 0.6) is 0 Å². The number of nitrogens with one attached hydrogen (secondary N) is 2. The van der Waals surface area contributed by atoms with Gasteiger partial charge < -0.3 is 0 Å². The smallest absolute Gasteiger partial charge is 0.293 e. The van der Waals surface area contributed by atoms with Gasteiger partial charge in [0.05, 0.1) is 0 Å². The molecule has 2 aromatic carbocycles. The topological polar surface area (TPSA) is 71.6 Å². The van der Waals surface area contributed by atoms with Crippen molar-refractivity contribution < 1.29 is 26.3 Å². The normalized spacial score (nSPS) is 12.0. The van der Waals surface area contributed by atoms with Gasteiger partial charge in [0.1, 0.15) is 0 Å². The fourth-order valence-electron chi connectivity index (χ4n) is 2.72. The number of rotatable bonds is 4. The van der Waals surface area contributed by atoms with Gasteiger partial charge in [-0.3, -0.25) is 10.6 Å². The first-order chi connectivity index (χ1) is 12.6. The molecule has 0 saturated carbocycles. The van der Waals surface area contributed by atoms with Gasteiger partial charge in [-0.25, -0.2) is 0 Å². The molecule has 0 aliphatic heterocycles. The Kier molecular flexibility index (Phi) is 5.22. The molecule has 0 heterocycles. The molecule has 0 saturated heterocycles. The van der Waals surface area contributed by atoms with Crippen molar-refractivity contribution in [1.29, 1.82) is 10.5 Å². The second kappa shape index (κ2) is 7.08. The van der Waals surface area contributed by atoms with Crippen molar-refractivity contribution >= 4 is 11.4 Å². The summed E-state index contributed by atoms with van der Waals surface area (Å²) in [5, 5.41) is 21.3. The third-order valence-corrected chi connectivity index (χ3v) is 3.89. The number of hydrogen-bond acceptors (Lipinski definition) is 4. The van der Waals surface area contributed by atoms with Gasteiger partial charge >= 0.3 is 12.4 Å². The van der Waals surface area contributed by atoms with Crippen molar-refractivity contribution in [3.8, 4) is 12.4 Å². The van der Waals surface area contributed by atoms with Crippen molar-refractivity contribution in [1.82, 2.24) is 0 Å². The van der Waals surface area contributed by atoms with Gasteiger partial charge in [0.15, 0.2) is 12.4 Å². The first kappa shape index (κ1) is 19.9. The van der Waals surface area contributed by atoms with Gasteiger partial charge in [-0.2, -0.15) is 36.9 Å². The van der Waals surface area contributed by atoms with E-state index in [0.29, 0.717) is 24.3 Å². The predicted octanol–water partition coefficient (Wildman–Crippen LogP) is 4.88. The second-order valence-electron chi connectivity index (χ2n) is 5.37. The van der Waals surface area contributed by atoms with Crippen LogP contribution < -0.4 is 10.6 Å². The molecule has 0 aliphatic rings. The standard InChI is InChI=1S/C17H10F6N4/c18-16(19,20)15(17(21,22)23,11-1-5-13(6-2-11)26-9-24)12-3-7-14(8-4-12)27-10-25/h1-8,26-27H. The van der Waals surface area contributed by atoms with Crippen molar-refractivity contribution in [3.63, 3.8) is 0 Å². The fourth-order valence-corrected chi connectivity index (χ4v) is 2.72. The minimum absolute atomic E-state index is 0.0491. The Balaban J connectivity index is 2.75. The van der Waals surface area contributed by atoms with Crippen LogP contribution in [0.15, 0.2) is 48.5 Å². The van der Waals surface area contributed by atoms with Crippen LogP contribution in [0.1, 0.15) is 11.1 Å². The summed E-state index contributed by atoms with van der Waals surface area (Å²) in [6.45, 7) is 0. The van der Waals surface area contributed by atoms with E-state index < -0.39 is 28.9 Å². The summed E-state index contributed by atoms with van der Waals surface area (Å²) in [5.41, 5.74) is -6.28. The summed E-state index contributed by atoms with van der Waals surface area (Å²) in [6, 6.07) is 6.49. The van der Waals surface area contributed by atoms with E-state index in [1.807, 2.05) is 0 Å². The predicted molar refractivity (Wildman–Crippen MR) is 84.2 cm³/mol. The highest BCUT2D eigenvalue weighted by molar-refractivity contribution is 5.55. The lowest BCUT2D eigenvalue weighted by Crippen LogP contribution is -2.54. The lowest BCUT2D eigenvalue weighted by molar-refractivity contribution is -0.288. The van der Waals surface area contributed by atoms with E-state index in [9.17, 15) is 26.3 Å². The van der Waals surface area contributed by atoms with E-state index >= 15 is 0 Å². The van der Waals surface area contributed by atoms with Crippen LogP contribution >= 0.6 is 0 Å². The molecular weight excluding hydrogens is 374 g/mol. The van der Waals surface area contributed by atoms with E-state index in [1.54, 1.807) is 0 Å². The minimum Gasteiger partial charge on any atom is -0.293 e. The van der Waals surface area contributed by atoms with Crippen LogP contribution in [0, 0.1) is 22.9 Å². The molecular formula is C17H10F6N4. The summed E-state index contributed by atoms with van der Waals surface area (Å²) in [4.78, 5) is 0. The zero-order chi connectivity index (χ0) is 20.3. The van der Waals surface area contributed by atoms with E-state index in [1.165, 1.54) is 12.4 Å². The second-order valence-corrected chi connectivity index (χ2v) is 5.37. The van der Waals surface area contributed by atoms with Crippen LogP contribution in [0.3, 0.4) is 0 Å². The van der Waals surface area contributed by atoms with Crippen molar-refractivity contribution in [2.45, 2.75) is 17.8 Å². The maximum absolute atomic E-state index is 13.9. The Morgan fingerprint density at radius 2 is 0.889 bits per heavy atom. The average Bonchev–Trinajstić information content (AvgIpc) is 2.56. The number of benzene rings is 2. The SMILES string of the molecule is N#CNc1ccc(C(c2ccc(NC#N)cc2)(C(F)(F)F)C(F)(F)F)cc1. The molecule has 0 bridgehead atoms. The van der Waals surface area contributed by atoms with Crippen molar-refractivity contribution in [2.24, 2.45) is 0 Å². The Morgan fingerprint density at radius 1 is 0.593 bits per heavy atom. The molecule has 2 aromatic rings. The molecule has 0 fully saturated rings. The highest BCUT2D eigenvalue weighted by atomic mass is 19.4. The lowest BCUT2D eigenvalue weighted by Gasteiger charge is -2.38. The molecule has 0 aromatic heterocycles. The molecule has 0 atom stereocenters. The fraction of sp³-hybridized carbons (Fsp3) is 0.176. The third-order valence-electron chi connectivity index (χ3n) is 3.89. The molecule has 10 heteroatoms. The van der Waals surface area contributed by atoms with Crippen LogP contribution in [-0.4, -0.2) is 12.4 Å². The van der Waals surface area contributed by atoms with Crippen molar-refractivity contribution in [2.75, 3.05) is 10.6 Å². The van der Waals surface area contributed by atoms with Crippen molar-refractivity contribution in [3.05, 3.63) is 59.7 Å². The van der Waals surface area contributed by atoms with Crippen LogP contribution in [-0.2, 0) is 5.41 Å². The number of hydrogen-bond donors (Lipinski definition) is 2. The summed E-state index contributed by atoms with van der Waals surface area (Å²) in [7, 11) is 0. The molecule has 2 N–H and O–H groups in total. The van der Waals surface area contributed by atoms with Gasteiger partial charge in [0.25, 0.3) is 0 Å². The van der Waals surface area contributed by atoms with Crippen LogP contribution in [0.25, 0.3) is 0 Å². The molecule has 0 spiro atoms. The highest BCUT2D eigenvalue weighted by Gasteiger charge is 2.72. The van der Waals surface area contributed by atoms with Gasteiger partial charge in [0.2, 0.25) is 5.41 Å². The highest BCUT2D eigenvalue weighted by Crippen LogP contribution is 2.56. The number of alkyl halides is 6. The Bertz CT molecular complexity index is 795. The molecule has 2 rings (SSSR count).